The van der Waals surface area contributed by atoms with Crippen molar-refractivity contribution in [2.45, 2.75) is 26.3 Å². The molecule has 0 unspecified atom stereocenters. The maximum absolute atomic E-state index is 5.89. The van der Waals surface area contributed by atoms with Crippen LogP contribution in [0.5, 0.6) is 0 Å². The van der Waals surface area contributed by atoms with Crippen LogP contribution in [0.15, 0.2) is 24.4 Å². The molecule has 0 fully saturated rings. The highest BCUT2D eigenvalue weighted by Crippen LogP contribution is 2.30. The van der Waals surface area contributed by atoms with E-state index in [-0.39, 0.29) is 0 Å². The molecule has 0 atom stereocenters. The predicted molar refractivity (Wildman–Crippen MR) is 77.7 cm³/mol. The highest BCUT2D eigenvalue weighted by molar-refractivity contribution is 7.15. The van der Waals surface area contributed by atoms with Crippen LogP contribution >= 0.6 is 22.9 Å². The summed E-state index contributed by atoms with van der Waals surface area (Å²) in [5, 5.41) is 0. The molecular weight excluding hydrogens is 264 g/mol. The number of fused-ring (bicyclic) bond motifs is 1. The van der Waals surface area contributed by atoms with Gasteiger partial charge in [0, 0.05) is 23.3 Å². The Labute approximate surface area is 116 Å². The minimum atomic E-state index is 0.631. The summed E-state index contributed by atoms with van der Waals surface area (Å²) in [7, 11) is 0. The summed E-state index contributed by atoms with van der Waals surface area (Å²) in [4.78, 5) is 7.77. The van der Waals surface area contributed by atoms with Crippen LogP contribution in [0.2, 0.25) is 4.47 Å². The Morgan fingerprint density at radius 3 is 3.11 bits per heavy atom. The Morgan fingerprint density at radius 2 is 2.33 bits per heavy atom. The smallest absolute Gasteiger partial charge is 0.183 e. The lowest BCUT2D eigenvalue weighted by atomic mass is 9.99. The summed E-state index contributed by atoms with van der Waals surface area (Å²) in [6, 6.07) is 6.74. The molecule has 0 aliphatic carbocycles. The molecule has 4 heteroatoms. The Morgan fingerprint density at radius 1 is 1.44 bits per heavy atom. The number of benzene rings is 1. The number of aryl methyl sites for hydroxylation is 2. The van der Waals surface area contributed by atoms with E-state index in [4.69, 9.17) is 11.6 Å². The first-order valence-corrected chi connectivity index (χ1v) is 7.36. The Balaban J connectivity index is 1.87. The van der Waals surface area contributed by atoms with E-state index in [0.29, 0.717) is 4.47 Å². The van der Waals surface area contributed by atoms with E-state index in [9.17, 15) is 0 Å². The molecule has 18 heavy (non-hydrogen) atoms. The van der Waals surface area contributed by atoms with Crippen molar-refractivity contribution in [2.24, 2.45) is 0 Å². The molecule has 3 rings (SSSR count). The van der Waals surface area contributed by atoms with Gasteiger partial charge in [-0.05, 0) is 31.4 Å². The van der Waals surface area contributed by atoms with Crippen molar-refractivity contribution in [3.63, 3.8) is 0 Å². The van der Waals surface area contributed by atoms with Crippen LogP contribution in [-0.4, -0.2) is 11.5 Å². The molecule has 0 saturated heterocycles. The van der Waals surface area contributed by atoms with Gasteiger partial charge in [0.1, 0.15) is 0 Å². The van der Waals surface area contributed by atoms with Crippen LogP contribution in [0.4, 0.5) is 5.69 Å². The van der Waals surface area contributed by atoms with Crippen LogP contribution in [0.3, 0.4) is 0 Å². The van der Waals surface area contributed by atoms with E-state index < -0.39 is 0 Å². The molecule has 1 aromatic carbocycles. The molecular formula is C14H15ClN2S. The predicted octanol–water partition coefficient (Wildman–Crippen LogP) is 4.06. The third-order valence-corrected chi connectivity index (χ3v) is 4.42. The zero-order valence-electron chi connectivity index (χ0n) is 10.3. The monoisotopic (exact) mass is 278 g/mol. The fourth-order valence-corrected chi connectivity index (χ4v) is 3.51. The first kappa shape index (κ1) is 12.0. The third-order valence-electron chi connectivity index (χ3n) is 3.32. The lowest BCUT2D eigenvalue weighted by Gasteiger charge is -2.31. The summed E-state index contributed by atoms with van der Waals surface area (Å²) < 4.78 is 0.631. The van der Waals surface area contributed by atoms with E-state index >= 15 is 0 Å². The van der Waals surface area contributed by atoms with Gasteiger partial charge >= 0.3 is 0 Å². The van der Waals surface area contributed by atoms with Gasteiger partial charge in [-0.3, -0.25) is 0 Å². The Kier molecular flexibility index (Phi) is 3.27. The standard InChI is InChI=1S/C14H15ClN2S/c1-10-4-5-13-11(7-10)3-2-6-17(13)9-12-8-16-14(15)18-12/h4-5,7-8H,2-3,6,9H2,1H3. The molecule has 2 heterocycles. The summed E-state index contributed by atoms with van der Waals surface area (Å²) >= 11 is 7.46. The molecule has 0 bridgehead atoms. The fraction of sp³-hybridized carbons (Fsp3) is 0.357. The Bertz CT molecular complexity index is 565. The van der Waals surface area contributed by atoms with Crippen LogP contribution < -0.4 is 4.90 Å². The van der Waals surface area contributed by atoms with E-state index in [1.165, 1.54) is 34.5 Å². The number of thiazole rings is 1. The zero-order chi connectivity index (χ0) is 12.5. The highest BCUT2D eigenvalue weighted by atomic mass is 35.5. The molecule has 2 nitrogen and oxygen atoms in total. The molecule has 0 N–H and O–H groups in total. The van der Waals surface area contributed by atoms with Gasteiger partial charge in [-0.15, -0.1) is 11.3 Å². The molecule has 2 aromatic rings. The van der Waals surface area contributed by atoms with Crippen molar-refractivity contribution < 1.29 is 0 Å². The van der Waals surface area contributed by atoms with Crippen molar-refractivity contribution in [1.82, 2.24) is 4.98 Å². The quantitative estimate of drug-likeness (QED) is 0.824. The van der Waals surface area contributed by atoms with E-state index in [1.807, 2.05) is 6.20 Å². The van der Waals surface area contributed by atoms with Crippen LogP contribution in [0.1, 0.15) is 22.4 Å². The lowest BCUT2D eigenvalue weighted by Crippen LogP contribution is -2.28. The van der Waals surface area contributed by atoms with Gasteiger partial charge in [0.2, 0.25) is 0 Å². The summed E-state index contributed by atoms with van der Waals surface area (Å²) in [6.45, 7) is 4.19. The second-order valence-corrected chi connectivity index (χ2v) is 6.43. The van der Waals surface area contributed by atoms with Crippen LogP contribution in [-0.2, 0) is 13.0 Å². The summed E-state index contributed by atoms with van der Waals surface area (Å²) in [6.07, 6.45) is 4.30. The largest absolute Gasteiger partial charge is 0.366 e. The fourth-order valence-electron chi connectivity index (χ4n) is 2.51. The SMILES string of the molecule is Cc1ccc2c(c1)CCCN2Cc1cnc(Cl)s1. The number of halogens is 1. The van der Waals surface area contributed by atoms with Crippen molar-refractivity contribution >= 4 is 28.6 Å². The zero-order valence-corrected chi connectivity index (χ0v) is 11.9. The highest BCUT2D eigenvalue weighted by Gasteiger charge is 2.17. The van der Waals surface area contributed by atoms with Gasteiger partial charge < -0.3 is 4.90 Å². The molecule has 1 aliphatic heterocycles. The lowest BCUT2D eigenvalue weighted by molar-refractivity contribution is 0.694. The molecule has 1 aliphatic rings. The second kappa shape index (κ2) is 4.90. The molecule has 1 aromatic heterocycles. The molecule has 0 saturated carbocycles. The van der Waals surface area contributed by atoms with E-state index in [0.717, 1.165) is 13.1 Å². The van der Waals surface area contributed by atoms with Crippen LogP contribution in [0, 0.1) is 6.92 Å². The number of hydrogen-bond acceptors (Lipinski definition) is 3. The summed E-state index contributed by atoms with van der Waals surface area (Å²) in [5.74, 6) is 0. The normalized spacial score (nSPS) is 14.7. The average molecular weight is 279 g/mol. The maximum atomic E-state index is 5.89. The minimum absolute atomic E-state index is 0.631. The van der Waals surface area contributed by atoms with Crippen molar-refractivity contribution in [3.05, 3.63) is 44.9 Å². The minimum Gasteiger partial charge on any atom is -0.366 e. The molecule has 0 radical (unpaired) electrons. The van der Waals surface area contributed by atoms with E-state index in [2.05, 4.69) is 35.0 Å². The van der Waals surface area contributed by atoms with Crippen molar-refractivity contribution in [3.8, 4) is 0 Å². The van der Waals surface area contributed by atoms with Gasteiger partial charge in [-0.25, -0.2) is 4.98 Å². The van der Waals surface area contributed by atoms with Gasteiger partial charge in [0.15, 0.2) is 4.47 Å². The topological polar surface area (TPSA) is 16.1 Å². The number of anilines is 1. The second-order valence-electron chi connectivity index (χ2n) is 4.74. The van der Waals surface area contributed by atoms with Gasteiger partial charge in [-0.2, -0.15) is 0 Å². The first-order chi connectivity index (χ1) is 8.72. The number of nitrogens with zero attached hydrogens (tertiary/aromatic N) is 2. The first-order valence-electron chi connectivity index (χ1n) is 6.17. The maximum Gasteiger partial charge on any atom is 0.183 e. The molecule has 94 valence electrons. The van der Waals surface area contributed by atoms with Crippen molar-refractivity contribution in [1.29, 1.82) is 0 Å². The number of aromatic nitrogens is 1. The van der Waals surface area contributed by atoms with Gasteiger partial charge in [0.25, 0.3) is 0 Å². The number of rotatable bonds is 2. The number of hydrogen-bond donors (Lipinski definition) is 0. The Hall–Kier alpha value is -1.06. The van der Waals surface area contributed by atoms with Gasteiger partial charge in [-0.1, -0.05) is 29.3 Å². The third kappa shape index (κ3) is 2.38. The van der Waals surface area contributed by atoms with Crippen LogP contribution in [0.25, 0.3) is 0 Å². The summed E-state index contributed by atoms with van der Waals surface area (Å²) in [5.41, 5.74) is 4.18. The van der Waals surface area contributed by atoms with Crippen molar-refractivity contribution in [2.75, 3.05) is 11.4 Å². The molecule has 0 spiro atoms. The average Bonchev–Trinajstić information content (AvgIpc) is 2.75. The molecule has 0 amide bonds. The van der Waals surface area contributed by atoms with E-state index in [1.54, 1.807) is 11.3 Å². The van der Waals surface area contributed by atoms with Gasteiger partial charge in [0.05, 0.1) is 6.54 Å².